The van der Waals surface area contributed by atoms with Gasteiger partial charge in [-0.05, 0) is 6.55 Å². The van der Waals surface area contributed by atoms with Gasteiger partial charge in [0.25, 0.3) is 0 Å². The number of nitrogens with one attached hydrogen (secondary N) is 1. The molecule has 6 heteroatoms. The SMILES string of the molecule is CO[Si](C)(OC)C1CC[NH+]1C(=O)N(C)C. The standard InChI is InChI=1S/C9H20N2O3Si/c1-10(2)9(12)11-7-6-8(11)15(5,13-3)14-4/h8H,6-7H2,1-5H3/p+1. The zero-order valence-electron chi connectivity index (χ0n) is 10.2. The quantitative estimate of drug-likeness (QED) is 0.651. The van der Waals surface area contributed by atoms with E-state index in [1.165, 1.54) is 0 Å². The van der Waals surface area contributed by atoms with Crippen molar-refractivity contribution < 1.29 is 18.5 Å². The summed E-state index contributed by atoms with van der Waals surface area (Å²) in [7, 11) is 4.74. The first-order valence-corrected chi connectivity index (χ1v) is 7.53. The van der Waals surface area contributed by atoms with Crippen LogP contribution >= 0.6 is 0 Å². The first-order chi connectivity index (χ1) is 6.96. The summed E-state index contributed by atoms with van der Waals surface area (Å²) < 4.78 is 11.0. The van der Waals surface area contributed by atoms with E-state index < -0.39 is 8.56 Å². The molecule has 1 heterocycles. The molecule has 15 heavy (non-hydrogen) atoms. The van der Waals surface area contributed by atoms with Crippen LogP contribution in [-0.2, 0) is 8.85 Å². The van der Waals surface area contributed by atoms with Crippen LogP contribution in [0.4, 0.5) is 4.79 Å². The Hall–Kier alpha value is -0.433. The molecule has 1 saturated heterocycles. The third-order valence-corrected chi connectivity index (χ3v) is 6.77. The Labute approximate surface area is 92.2 Å². The smallest absolute Gasteiger partial charge is 0.394 e. The molecular formula is C9H21N2O3Si+. The number of carbonyl (C=O) groups is 1. The van der Waals surface area contributed by atoms with Gasteiger partial charge in [0.2, 0.25) is 0 Å². The Morgan fingerprint density at radius 3 is 2.20 bits per heavy atom. The van der Waals surface area contributed by atoms with Gasteiger partial charge in [-0.3, -0.25) is 4.90 Å². The van der Waals surface area contributed by atoms with Crippen molar-refractivity contribution in [3.05, 3.63) is 0 Å². The highest BCUT2D eigenvalue weighted by Crippen LogP contribution is 2.15. The molecule has 2 atom stereocenters. The van der Waals surface area contributed by atoms with Crippen LogP contribution in [0.2, 0.25) is 6.55 Å². The predicted molar refractivity (Wildman–Crippen MR) is 59.0 cm³/mol. The fourth-order valence-electron chi connectivity index (χ4n) is 1.92. The predicted octanol–water partition coefficient (Wildman–Crippen LogP) is -0.771. The van der Waals surface area contributed by atoms with Crippen molar-refractivity contribution in [1.29, 1.82) is 0 Å². The number of hydrogen-bond donors (Lipinski definition) is 1. The van der Waals surface area contributed by atoms with Crippen LogP contribution in [0.3, 0.4) is 0 Å². The molecule has 0 aromatic heterocycles. The van der Waals surface area contributed by atoms with Gasteiger partial charge in [-0.15, -0.1) is 0 Å². The second-order valence-corrected chi connectivity index (χ2v) is 7.79. The molecule has 1 fully saturated rings. The summed E-state index contributed by atoms with van der Waals surface area (Å²) in [6.45, 7) is 2.90. The molecule has 0 spiro atoms. The lowest BCUT2D eigenvalue weighted by atomic mass is 10.2. The summed E-state index contributed by atoms with van der Waals surface area (Å²) in [6, 6.07) is 0.124. The maximum absolute atomic E-state index is 11.8. The van der Waals surface area contributed by atoms with Crippen molar-refractivity contribution in [2.45, 2.75) is 18.6 Å². The van der Waals surface area contributed by atoms with Gasteiger partial charge in [0.05, 0.1) is 13.0 Å². The highest BCUT2D eigenvalue weighted by atomic mass is 28.4. The Balaban J connectivity index is 2.69. The van der Waals surface area contributed by atoms with E-state index in [1.54, 1.807) is 33.2 Å². The highest BCUT2D eigenvalue weighted by molar-refractivity contribution is 6.67. The van der Waals surface area contributed by atoms with Gasteiger partial charge in [-0.2, -0.15) is 0 Å². The molecule has 2 unspecified atom stereocenters. The van der Waals surface area contributed by atoms with Crippen LogP contribution < -0.4 is 4.90 Å². The molecule has 0 aliphatic carbocycles. The molecule has 5 nitrogen and oxygen atoms in total. The van der Waals surface area contributed by atoms with Gasteiger partial charge in [0, 0.05) is 28.3 Å². The van der Waals surface area contributed by atoms with Gasteiger partial charge in [-0.1, -0.05) is 0 Å². The normalized spacial score (nSPS) is 25.9. The number of nitrogens with zero attached hydrogens (tertiary/aromatic N) is 1. The zero-order chi connectivity index (χ0) is 11.6. The maximum Gasteiger partial charge on any atom is 0.417 e. The summed E-state index contributed by atoms with van der Waals surface area (Å²) in [5, 5.41) is 0. The largest absolute Gasteiger partial charge is 0.417 e. The molecule has 2 amide bonds. The van der Waals surface area contributed by atoms with Crippen LogP contribution in [0.15, 0.2) is 0 Å². The van der Waals surface area contributed by atoms with E-state index in [0.717, 1.165) is 17.9 Å². The minimum atomic E-state index is -2.17. The van der Waals surface area contributed by atoms with E-state index in [1.807, 2.05) is 6.55 Å². The van der Waals surface area contributed by atoms with Crippen LogP contribution in [0.1, 0.15) is 6.42 Å². The Morgan fingerprint density at radius 2 is 1.93 bits per heavy atom. The van der Waals surface area contributed by atoms with Crippen LogP contribution in [-0.4, -0.2) is 60.0 Å². The van der Waals surface area contributed by atoms with Gasteiger partial charge < -0.3 is 8.85 Å². The summed E-state index contributed by atoms with van der Waals surface area (Å²) >= 11 is 0. The van der Waals surface area contributed by atoms with E-state index in [4.69, 9.17) is 8.85 Å². The topological polar surface area (TPSA) is 43.2 Å². The zero-order valence-corrected chi connectivity index (χ0v) is 11.2. The number of carbonyl (C=O) groups excluding carboxylic acids is 1. The Morgan fingerprint density at radius 1 is 1.40 bits per heavy atom. The minimum absolute atomic E-state index is 0.124. The van der Waals surface area contributed by atoms with Crippen molar-refractivity contribution in [2.75, 3.05) is 34.9 Å². The number of urea groups is 1. The molecule has 1 N–H and O–H groups in total. The lowest BCUT2D eigenvalue weighted by molar-refractivity contribution is -0.880. The molecule has 1 aliphatic rings. The summed E-state index contributed by atoms with van der Waals surface area (Å²) in [5.41, 5.74) is 0.224. The van der Waals surface area contributed by atoms with Crippen molar-refractivity contribution in [3.63, 3.8) is 0 Å². The fraction of sp³-hybridized carbons (Fsp3) is 0.889. The average molecular weight is 233 g/mol. The number of quaternary nitrogens is 1. The first kappa shape index (κ1) is 12.6. The number of hydrogen-bond acceptors (Lipinski definition) is 3. The van der Waals surface area contributed by atoms with E-state index >= 15 is 0 Å². The average Bonchev–Trinajstić information content (AvgIpc) is 2.15. The summed E-state index contributed by atoms with van der Waals surface area (Å²) in [6.07, 6.45) is 1.01. The lowest BCUT2D eigenvalue weighted by Crippen LogP contribution is -3.27. The van der Waals surface area contributed by atoms with Crippen molar-refractivity contribution >= 4 is 14.6 Å². The minimum Gasteiger partial charge on any atom is -0.394 e. The van der Waals surface area contributed by atoms with Crippen molar-refractivity contribution in [1.82, 2.24) is 4.90 Å². The Kier molecular flexibility index (Phi) is 3.88. The van der Waals surface area contributed by atoms with Gasteiger partial charge >= 0.3 is 14.6 Å². The molecule has 88 valence electrons. The molecule has 1 rings (SSSR count). The molecule has 0 radical (unpaired) electrons. The lowest BCUT2D eigenvalue weighted by Gasteiger charge is -2.42. The highest BCUT2D eigenvalue weighted by Gasteiger charge is 2.55. The van der Waals surface area contributed by atoms with Crippen LogP contribution in [0, 0.1) is 0 Å². The molecular weight excluding hydrogens is 212 g/mol. The van der Waals surface area contributed by atoms with E-state index in [-0.39, 0.29) is 11.7 Å². The molecule has 0 aromatic rings. The van der Waals surface area contributed by atoms with Gasteiger partial charge in [-0.25, -0.2) is 9.69 Å². The van der Waals surface area contributed by atoms with E-state index in [2.05, 4.69) is 0 Å². The molecule has 0 aromatic carbocycles. The van der Waals surface area contributed by atoms with E-state index in [0.29, 0.717) is 0 Å². The fourth-order valence-corrected chi connectivity index (χ4v) is 4.23. The van der Waals surface area contributed by atoms with Crippen molar-refractivity contribution in [3.8, 4) is 0 Å². The maximum atomic E-state index is 11.8. The van der Waals surface area contributed by atoms with Crippen LogP contribution in [0.5, 0.6) is 0 Å². The number of likely N-dealkylation sites (tertiary alicyclic amines) is 1. The number of rotatable bonds is 3. The van der Waals surface area contributed by atoms with Gasteiger partial charge in [0.15, 0.2) is 0 Å². The Bertz CT molecular complexity index is 244. The van der Waals surface area contributed by atoms with E-state index in [9.17, 15) is 4.79 Å². The van der Waals surface area contributed by atoms with Gasteiger partial charge in [0.1, 0.15) is 5.67 Å². The van der Waals surface area contributed by atoms with Crippen molar-refractivity contribution in [2.24, 2.45) is 0 Å². The summed E-state index contributed by atoms with van der Waals surface area (Å²) in [5.74, 6) is 0. The number of amides is 2. The third-order valence-electron chi connectivity index (χ3n) is 3.25. The molecule has 0 saturated carbocycles. The third kappa shape index (κ3) is 2.22. The second kappa shape index (κ2) is 4.61. The second-order valence-electron chi connectivity index (χ2n) is 4.24. The monoisotopic (exact) mass is 233 g/mol. The summed E-state index contributed by atoms with van der Waals surface area (Å²) in [4.78, 5) is 14.4. The molecule has 1 aliphatic heterocycles. The first-order valence-electron chi connectivity index (χ1n) is 5.14. The van der Waals surface area contributed by atoms with Crippen LogP contribution in [0.25, 0.3) is 0 Å². The molecule has 0 bridgehead atoms.